The Kier molecular flexibility index (Phi) is 6.70. The second kappa shape index (κ2) is 9.63. The average Bonchev–Trinajstić information content (AvgIpc) is 2.84. The molecular formula is C25H34N4O. The molecule has 4 rings (SSSR count). The van der Waals surface area contributed by atoms with Crippen LogP contribution in [0, 0.1) is 0 Å². The van der Waals surface area contributed by atoms with E-state index in [2.05, 4.69) is 44.7 Å². The number of carbonyl (C=O) groups is 1. The zero-order valence-electron chi connectivity index (χ0n) is 18.2. The highest BCUT2D eigenvalue weighted by molar-refractivity contribution is 6.09. The van der Waals surface area contributed by atoms with E-state index in [1.54, 1.807) is 0 Å². The molecule has 5 heteroatoms. The molecule has 0 unspecified atom stereocenters. The molecule has 0 aliphatic carbocycles. The van der Waals surface area contributed by atoms with Crippen LogP contribution < -0.4 is 20.4 Å². The number of piperidine rings is 2. The summed E-state index contributed by atoms with van der Waals surface area (Å²) >= 11 is 0. The van der Waals surface area contributed by atoms with Gasteiger partial charge in [-0.1, -0.05) is 0 Å². The van der Waals surface area contributed by atoms with Gasteiger partial charge in [0, 0.05) is 60.8 Å². The van der Waals surface area contributed by atoms with Gasteiger partial charge in [0.25, 0.3) is 0 Å². The molecule has 0 aromatic heterocycles. The van der Waals surface area contributed by atoms with Gasteiger partial charge >= 0.3 is 0 Å². The van der Waals surface area contributed by atoms with Crippen molar-refractivity contribution in [3.8, 4) is 0 Å². The molecular weight excluding hydrogens is 372 g/mol. The van der Waals surface area contributed by atoms with E-state index in [0.29, 0.717) is 12.1 Å². The summed E-state index contributed by atoms with van der Waals surface area (Å²) in [6, 6.07) is 17.5. The first-order valence-electron chi connectivity index (χ1n) is 11.3. The van der Waals surface area contributed by atoms with Gasteiger partial charge in [0.05, 0.1) is 0 Å². The number of carbonyl (C=O) groups excluding carboxylic acids is 1. The number of ketones is 1. The van der Waals surface area contributed by atoms with Crippen LogP contribution in [0.5, 0.6) is 0 Å². The lowest BCUT2D eigenvalue weighted by atomic mass is 10.0. The van der Waals surface area contributed by atoms with Crippen LogP contribution in [0.15, 0.2) is 48.5 Å². The van der Waals surface area contributed by atoms with Crippen LogP contribution in [0.4, 0.5) is 11.4 Å². The summed E-state index contributed by atoms with van der Waals surface area (Å²) in [7, 11) is 4.08. The van der Waals surface area contributed by atoms with Crippen molar-refractivity contribution in [1.82, 2.24) is 10.6 Å². The summed E-state index contributed by atoms with van der Waals surface area (Å²) in [5.74, 6) is 0.0934. The maximum absolute atomic E-state index is 12.9. The van der Waals surface area contributed by atoms with Gasteiger partial charge < -0.3 is 20.4 Å². The molecule has 30 heavy (non-hydrogen) atoms. The smallest absolute Gasteiger partial charge is 0.193 e. The SMILES string of the molecule is CNC1CCN(c2ccc(C(=O)c3ccc(N4CCC(NC)CC4)cc3)cc2)CC1. The Morgan fingerprint density at radius 1 is 0.667 bits per heavy atom. The summed E-state index contributed by atoms with van der Waals surface area (Å²) < 4.78 is 0. The van der Waals surface area contributed by atoms with Crippen LogP contribution in [0.25, 0.3) is 0 Å². The first-order valence-corrected chi connectivity index (χ1v) is 11.3. The van der Waals surface area contributed by atoms with E-state index in [1.165, 1.54) is 11.4 Å². The predicted octanol–water partition coefficient (Wildman–Crippen LogP) is 3.29. The van der Waals surface area contributed by atoms with Crippen LogP contribution in [0.1, 0.15) is 41.6 Å². The van der Waals surface area contributed by atoms with Gasteiger partial charge in [0.15, 0.2) is 5.78 Å². The van der Waals surface area contributed by atoms with Gasteiger partial charge in [0.1, 0.15) is 0 Å². The van der Waals surface area contributed by atoms with E-state index in [9.17, 15) is 4.79 Å². The minimum atomic E-state index is 0.0934. The first kappa shape index (κ1) is 20.9. The fourth-order valence-corrected chi connectivity index (χ4v) is 4.67. The molecule has 0 amide bonds. The molecule has 0 atom stereocenters. The van der Waals surface area contributed by atoms with Crippen molar-refractivity contribution in [2.24, 2.45) is 0 Å². The number of benzene rings is 2. The molecule has 2 aromatic carbocycles. The number of anilines is 2. The lowest BCUT2D eigenvalue weighted by molar-refractivity contribution is 0.103. The average molecular weight is 407 g/mol. The van der Waals surface area contributed by atoms with Crippen molar-refractivity contribution in [1.29, 1.82) is 0 Å². The Bertz CT molecular complexity index is 748. The maximum atomic E-state index is 12.9. The van der Waals surface area contributed by atoms with Crippen LogP contribution in [0.2, 0.25) is 0 Å². The highest BCUT2D eigenvalue weighted by Crippen LogP contribution is 2.24. The van der Waals surface area contributed by atoms with Crippen LogP contribution in [-0.4, -0.2) is 58.1 Å². The van der Waals surface area contributed by atoms with E-state index in [-0.39, 0.29) is 5.78 Å². The quantitative estimate of drug-likeness (QED) is 0.721. The number of rotatable bonds is 6. The monoisotopic (exact) mass is 406 g/mol. The Morgan fingerprint density at radius 3 is 1.30 bits per heavy atom. The number of hydrogen-bond acceptors (Lipinski definition) is 5. The molecule has 2 heterocycles. The zero-order valence-corrected chi connectivity index (χ0v) is 18.2. The normalized spacial score (nSPS) is 18.6. The summed E-state index contributed by atoms with van der Waals surface area (Å²) in [6.45, 7) is 4.25. The van der Waals surface area contributed by atoms with E-state index >= 15 is 0 Å². The van der Waals surface area contributed by atoms with Crippen LogP contribution >= 0.6 is 0 Å². The second-order valence-electron chi connectivity index (χ2n) is 8.52. The molecule has 5 nitrogen and oxygen atoms in total. The largest absolute Gasteiger partial charge is 0.371 e. The van der Waals surface area contributed by atoms with Gasteiger partial charge in [-0.05, 0) is 88.3 Å². The molecule has 160 valence electrons. The zero-order chi connectivity index (χ0) is 20.9. The molecule has 2 fully saturated rings. The lowest BCUT2D eigenvalue weighted by Crippen LogP contribution is -2.41. The van der Waals surface area contributed by atoms with Gasteiger partial charge in [-0.15, -0.1) is 0 Å². The summed E-state index contributed by atoms with van der Waals surface area (Å²) in [4.78, 5) is 17.8. The molecule has 2 N–H and O–H groups in total. The summed E-state index contributed by atoms with van der Waals surface area (Å²) in [5.41, 5.74) is 3.93. The topological polar surface area (TPSA) is 47.6 Å². The van der Waals surface area contributed by atoms with E-state index in [4.69, 9.17) is 0 Å². The van der Waals surface area contributed by atoms with E-state index in [1.807, 2.05) is 38.4 Å². The molecule has 0 spiro atoms. The molecule has 2 aliphatic heterocycles. The van der Waals surface area contributed by atoms with Crippen molar-refractivity contribution in [3.05, 3.63) is 59.7 Å². The minimum Gasteiger partial charge on any atom is -0.371 e. The van der Waals surface area contributed by atoms with E-state index in [0.717, 1.165) is 63.0 Å². The van der Waals surface area contributed by atoms with E-state index < -0.39 is 0 Å². The van der Waals surface area contributed by atoms with Gasteiger partial charge in [0.2, 0.25) is 0 Å². The fraction of sp³-hybridized carbons (Fsp3) is 0.480. The van der Waals surface area contributed by atoms with Crippen molar-refractivity contribution in [2.75, 3.05) is 50.1 Å². The Labute approximate surface area is 180 Å². The molecule has 0 saturated carbocycles. The van der Waals surface area contributed by atoms with Crippen molar-refractivity contribution in [3.63, 3.8) is 0 Å². The first-order chi connectivity index (χ1) is 14.7. The minimum absolute atomic E-state index is 0.0934. The molecule has 0 radical (unpaired) electrons. The van der Waals surface area contributed by atoms with Crippen molar-refractivity contribution >= 4 is 17.2 Å². The second-order valence-corrected chi connectivity index (χ2v) is 8.52. The molecule has 2 aromatic rings. The third-order valence-corrected chi connectivity index (χ3v) is 6.80. The fourth-order valence-electron chi connectivity index (χ4n) is 4.67. The van der Waals surface area contributed by atoms with Crippen LogP contribution in [-0.2, 0) is 0 Å². The molecule has 0 bridgehead atoms. The van der Waals surface area contributed by atoms with Gasteiger partial charge in [-0.2, -0.15) is 0 Å². The number of nitrogens with zero attached hydrogens (tertiary/aromatic N) is 2. The number of nitrogens with one attached hydrogen (secondary N) is 2. The standard InChI is InChI=1S/C25H34N4O/c1-26-21-11-15-28(16-12-21)23-7-3-19(4-8-23)25(30)20-5-9-24(10-6-20)29-17-13-22(27-2)14-18-29/h3-10,21-22,26-27H,11-18H2,1-2H3. The third-order valence-electron chi connectivity index (χ3n) is 6.80. The van der Waals surface area contributed by atoms with Gasteiger partial charge in [-0.25, -0.2) is 0 Å². The molecule has 2 aliphatic rings. The Hall–Kier alpha value is -2.37. The summed E-state index contributed by atoms with van der Waals surface area (Å²) in [6.07, 6.45) is 4.65. The van der Waals surface area contributed by atoms with Crippen molar-refractivity contribution in [2.45, 2.75) is 37.8 Å². The van der Waals surface area contributed by atoms with Crippen LogP contribution in [0.3, 0.4) is 0 Å². The van der Waals surface area contributed by atoms with Gasteiger partial charge in [-0.3, -0.25) is 4.79 Å². The highest BCUT2D eigenvalue weighted by atomic mass is 16.1. The predicted molar refractivity (Wildman–Crippen MR) is 125 cm³/mol. The summed E-state index contributed by atoms with van der Waals surface area (Å²) in [5, 5.41) is 6.74. The highest BCUT2D eigenvalue weighted by Gasteiger charge is 2.20. The maximum Gasteiger partial charge on any atom is 0.193 e. The number of hydrogen-bond donors (Lipinski definition) is 2. The third kappa shape index (κ3) is 4.68. The Morgan fingerprint density at radius 2 is 1.00 bits per heavy atom. The Balaban J connectivity index is 1.37. The van der Waals surface area contributed by atoms with Crippen molar-refractivity contribution < 1.29 is 4.79 Å². The lowest BCUT2D eigenvalue weighted by Gasteiger charge is -2.33. The molecule has 2 saturated heterocycles.